The van der Waals surface area contributed by atoms with Crippen LogP contribution in [-0.2, 0) is 0 Å². The van der Waals surface area contributed by atoms with Crippen LogP contribution in [0.1, 0.15) is 42.1 Å². The maximum atomic E-state index is 4.73. The van der Waals surface area contributed by atoms with Crippen LogP contribution in [0.5, 0.6) is 0 Å². The zero-order chi connectivity index (χ0) is 14.1. The number of aromatic nitrogens is 2. The molecule has 1 saturated carbocycles. The van der Waals surface area contributed by atoms with Crippen molar-refractivity contribution in [1.29, 1.82) is 0 Å². The van der Waals surface area contributed by atoms with Crippen LogP contribution in [0, 0.1) is 13.8 Å². The minimum Gasteiger partial charge on any atom is -0.371 e. The third-order valence-electron chi connectivity index (χ3n) is 4.28. The molecule has 1 aromatic carbocycles. The smallest absolute Gasteiger partial charge is 0.152 e. The number of aryl methyl sites for hydroxylation is 2. The van der Waals surface area contributed by atoms with Gasteiger partial charge in [-0.25, -0.2) is 9.97 Å². The summed E-state index contributed by atoms with van der Waals surface area (Å²) in [6.45, 7) is 4.01. The molecule has 1 aromatic heterocycles. The summed E-state index contributed by atoms with van der Waals surface area (Å²) in [6, 6.07) is 8.78. The van der Waals surface area contributed by atoms with Gasteiger partial charge in [-0.1, -0.05) is 24.6 Å². The fourth-order valence-electron chi connectivity index (χ4n) is 2.66. The summed E-state index contributed by atoms with van der Waals surface area (Å²) in [7, 11) is 1.90. The van der Waals surface area contributed by atoms with Gasteiger partial charge in [0.2, 0.25) is 0 Å². The molecule has 1 N–H and O–H groups in total. The second-order valence-corrected chi connectivity index (χ2v) is 5.59. The highest BCUT2D eigenvalue weighted by molar-refractivity contribution is 5.72. The first-order valence-electron chi connectivity index (χ1n) is 7.32. The van der Waals surface area contributed by atoms with E-state index in [0.717, 1.165) is 34.4 Å². The van der Waals surface area contributed by atoms with Crippen molar-refractivity contribution >= 4 is 5.82 Å². The van der Waals surface area contributed by atoms with Crippen molar-refractivity contribution in [2.24, 2.45) is 0 Å². The molecular weight excluding hydrogens is 246 g/mol. The molecule has 0 unspecified atom stereocenters. The normalized spacial score (nSPS) is 14.9. The van der Waals surface area contributed by atoms with Gasteiger partial charge in [0.1, 0.15) is 5.69 Å². The van der Waals surface area contributed by atoms with Crippen molar-refractivity contribution in [2.45, 2.75) is 39.0 Å². The minimum atomic E-state index is 0.743. The zero-order valence-electron chi connectivity index (χ0n) is 12.4. The van der Waals surface area contributed by atoms with Crippen LogP contribution in [0.15, 0.2) is 24.3 Å². The van der Waals surface area contributed by atoms with Crippen LogP contribution < -0.4 is 5.32 Å². The Kier molecular flexibility index (Phi) is 3.43. The number of hydrogen-bond acceptors (Lipinski definition) is 3. The average molecular weight is 267 g/mol. The molecule has 104 valence electrons. The lowest BCUT2D eigenvalue weighted by molar-refractivity contribution is 0.420. The molecule has 0 aliphatic heterocycles. The van der Waals surface area contributed by atoms with E-state index in [-0.39, 0.29) is 0 Å². The van der Waals surface area contributed by atoms with Crippen molar-refractivity contribution < 1.29 is 0 Å². The topological polar surface area (TPSA) is 37.8 Å². The Morgan fingerprint density at radius 2 is 1.85 bits per heavy atom. The Bertz CT molecular complexity index is 630. The lowest BCUT2D eigenvalue weighted by Crippen LogP contribution is -2.09. The van der Waals surface area contributed by atoms with Crippen LogP contribution in [0.25, 0.3) is 11.3 Å². The molecule has 0 atom stereocenters. The number of rotatable bonds is 3. The standard InChI is InChI=1S/C17H21N3/c1-11-12(2)20-17(18-3)16(19-11)15-9-5-8-14(10-15)13-6-4-7-13/h5,8-10,13H,4,6-7H2,1-3H3,(H,18,20). The van der Waals surface area contributed by atoms with Gasteiger partial charge in [0.05, 0.1) is 11.4 Å². The van der Waals surface area contributed by atoms with Gasteiger partial charge in [-0.05, 0) is 44.2 Å². The molecule has 2 aromatic rings. The van der Waals surface area contributed by atoms with Crippen LogP contribution in [0.2, 0.25) is 0 Å². The lowest BCUT2D eigenvalue weighted by Gasteiger charge is -2.26. The van der Waals surface area contributed by atoms with E-state index in [1.807, 2.05) is 20.9 Å². The summed E-state index contributed by atoms with van der Waals surface area (Å²) in [4.78, 5) is 9.34. The highest BCUT2D eigenvalue weighted by Gasteiger charge is 2.20. The van der Waals surface area contributed by atoms with Gasteiger partial charge >= 0.3 is 0 Å². The van der Waals surface area contributed by atoms with E-state index in [9.17, 15) is 0 Å². The molecule has 0 radical (unpaired) electrons. The highest BCUT2D eigenvalue weighted by atomic mass is 15.0. The van der Waals surface area contributed by atoms with E-state index in [1.165, 1.54) is 24.8 Å². The van der Waals surface area contributed by atoms with Gasteiger partial charge in [-0.2, -0.15) is 0 Å². The summed E-state index contributed by atoms with van der Waals surface area (Å²) >= 11 is 0. The molecule has 3 nitrogen and oxygen atoms in total. The van der Waals surface area contributed by atoms with Gasteiger partial charge in [0.25, 0.3) is 0 Å². The van der Waals surface area contributed by atoms with Crippen LogP contribution >= 0.6 is 0 Å². The van der Waals surface area contributed by atoms with Gasteiger partial charge in [-0.3, -0.25) is 0 Å². The molecule has 1 fully saturated rings. The Morgan fingerprint density at radius 3 is 2.50 bits per heavy atom. The molecule has 3 heteroatoms. The first-order valence-corrected chi connectivity index (χ1v) is 7.32. The molecule has 1 aliphatic carbocycles. The molecule has 3 rings (SSSR count). The first-order chi connectivity index (χ1) is 9.69. The third kappa shape index (κ3) is 2.28. The summed E-state index contributed by atoms with van der Waals surface area (Å²) in [6.07, 6.45) is 4.00. The molecule has 20 heavy (non-hydrogen) atoms. The van der Waals surface area contributed by atoms with Crippen molar-refractivity contribution in [1.82, 2.24) is 9.97 Å². The predicted octanol–water partition coefficient (Wildman–Crippen LogP) is 4.07. The first kappa shape index (κ1) is 13.1. The van der Waals surface area contributed by atoms with E-state index in [4.69, 9.17) is 4.98 Å². The highest BCUT2D eigenvalue weighted by Crippen LogP contribution is 2.38. The van der Waals surface area contributed by atoms with Crippen molar-refractivity contribution in [3.63, 3.8) is 0 Å². The fourth-order valence-corrected chi connectivity index (χ4v) is 2.66. The van der Waals surface area contributed by atoms with E-state index < -0.39 is 0 Å². The zero-order valence-corrected chi connectivity index (χ0v) is 12.4. The molecule has 0 bridgehead atoms. The van der Waals surface area contributed by atoms with E-state index in [2.05, 4.69) is 34.6 Å². The summed E-state index contributed by atoms with van der Waals surface area (Å²) < 4.78 is 0. The van der Waals surface area contributed by atoms with Crippen molar-refractivity contribution in [2.75, 3.05) is 12.4 Å². The molecule has 0 saturated heterocycles. The fraction of sp³-hybridized carbons (Fsp3) is 0.412. The quantitative estimate of drug-likeness (QED) is 0.911. The lowest BCUT2D eigenvalue weighted by atomic mass is 9.79. The SMILES string of the molecule is CNc1nc(C)c(C)nc1-c1cccc(C2CCC2)c1. The van der Waals surface area contributed by atoms with Crippen LogP contribution in [0.4, 0.5) is 5.82 Å². The second kappa shape index (κ2) is 5.23. The predicted molar refractivity (Wildman–Crippen MR) is 83.1 cm³/mol. The monoisotopic (exact) mass is 267 g/mol. The molecule has 0 spiro atoms. The van der Waals surface area contributed by atoms with Gasteiger partial charge in [-0.15, -0.1) is 0 Å². The van der Waals surface area contributed by atoms with Crippen molar-refractivity contribution in [3.05, 3.63) is 41.2 Å². The number of nitrogens with zero attached hydrogens (tertiary/aromatic N) is 2. The maximum absolute atomic E-state index is 4.73. The number of benzene rings is 1. The Labute approximate surface area is 120 Å². The third-order valence-corrected chi connectivity index (χ3v) is 4.28. The minimum absolute atomic E-state index is 0.743. The average Bonchev–Trinajstić information content (AvgIpc) is 2.40. The summed E-state index contributed by atoms with van der Waals surface area (Å²) in [5, 5.41) is 3.17. The molecule has 1 heterocycles. The number of anilines is 1. The van der Waals surface area contributed by atoms with Gasteiger partial charge in [0, 0.05) is 12.6 Å². The summed E-state index contributed by atoms with van der Waals surface area (Å²) in [5.74, 6) is 1.60. The van der Waals surface area contributed by atoms with Crippen LogP contribution in [0.3, 0.4) is 0 Å². The molecule has 0 amide bonds. The van der Waals surface area contributed by atoms with E-state index >= 15 is 0 Å². The van der Waals surface area contributed by atoms with E-state index in [0.29, 0.717) is 0 Å². The second-order valence-electron chi connectivity index (χ2n) is 5.59. The van der Waals surface area contributed by atoms with Gasteiger partial charge in [0.15, 0.2) is 5.82 Å². The molecule has 1 aliphatic rings. The Balaban J connectivity index is 2.05. The Hall–Kier alpha value is -1.90. The number of hydrogen-bond donors (Lipinski definition) is 1. The van der Waals surface area contributed by atoms with E-state index in [1.54, 1.807) is 0 Å². The van der Waals surface area contributed by atoms with Crippen LogP contribution in [-0.4, -0.2) is 17.0 Å². The molecular formula is C17H21N3. The van der Waals surface area contributed by atoms with Crippen molar-refractivity contribution in [3.8, 4) is 11.3 Å². The number of nitrogens with one attached hydrogen (secondary N) is 1. The summed E-state index contributed by atoms with van der Waals surface area (Å²) in [5.41, 5.74) is 5.53. The maximum Gasteiger partial charge on any atom is 0.152 e. The Morgan fingerprint density at radius 1 is 1.10 bits per heavy atom. The van der Waals surface area contributed by atoms with Gasteiger partial charge < -0.3 is 5.32 Å². The largest absolute Gasteiger partial charge is 0.371 e.